The zero-order valence-corrected chi connectivity index (χ0v) is 15.9. The lowest BCUT2D eigenvalue weighted by atomic mass is 9.78. The summed E-state index contributed by atoms with van der Waals surface area (Å²) in [5.74, 6) is 1.41. The van der Waals surface area contributed by atoms with E-state index in [1.165, 1.54) is 48.9 Å². The minimum atomic E-state index is 0.536. The number of benzene rings is 1. The normalized spacial score (nSPS) is 23.8. The van der Waals surface area contributed by atoms with Crippen LogP contribution in [0.25, 0.3) is 5.57 Å². The summed E-state index contributed by atoms with van der Waals surface area (Å²) in [5, 5.41) is 0. The van der Waals surface area contributed by atoms with Gasteiger partial charge in [0, 0.05) is 17.7 Å². The fourth-order valence-corrected chi connectivity index (χ4v) is 4.32. The van der Waals surface area contributed by atoms with Crippen LogP contribution < -0.4 is 0 Å². The summed E-state index contributed by atoms with van der Waals surface area (Å²) < 4.78 is 0. The predicted octanol–water partition coefficient (Wildman–Crippen LogP) is 6.23. The van der Waals surface area contributed by atoms with E-state index < -0.39 is 0 Å². The monoisotopic (exact) mass is 323 g/mol. The molecular weight excluding hydrogens is 290 g/mol. The van der Waals surface area contributed by atoms with Crippen molar-refractivity contribution in [3.05, 3.63) is 47.2 Å². The van der Waals surface area contributed by atoms with Crippen LogP contribution in [0.4, 0.5) is 0 Å². The Balaban J connectivity index is 2.08. The Morgan fingerprint density at radius 3 is 2.67 bits per heavy atom. The van der Waals surface area contributed by atoms with Gasteiger partial charge in [0.05, 0.1) is 0 Å². The van der Waals surface area contributed by atoms with Gasteiger partial charge in [-0.05, 0) is 61.3 Å². The molecule has 2 atom stereocenters. The highest BCUT2D eigenvalue weighted by molar-refractivity contribution is 5.74. The second kappa shape index (κ2) is 7.72. The molecule has 0 amide bonds. The van der Waals surface area contributed by atoms with Crippen LogP contribution in [0.15, 0.2) is 36.1 Å². The fraction of sp³-hybridized carbons (Fsp3) is 0.609. The van der Waals surface area contributed by atoms with Gasteiger partial charge in [-0.1, -0.05) is 58.4 Å². The first-order valence-corrected chi connectivity index (χ1v) is 9.88. The van der Waals surface area contributed by atoms with Gasteiger partial charge in [-0.2, -0.15) is 0 Å². The molecule has 2 aliphatic rings. The molecule has 1 heteroatoms. The van der Waals surface area contributed by atoms with Gasteiger partial charge in [-0.15, -0.1) is 5.73 Å². The van der Waals surface area contributed by atoms with Gasteiger partial charge in [0.1, 0.15) is 0 Å². The van der Waals surface area contributed by atoms with E-state index >= 15 is 0 Å². The molecule has 0 saturated carbocycles. The number of hydrogen-bond acceptors (Lipinski definition) is 1. The molecule has 1 aromatic rings. The van der Waals surface area contributed by atoms with Gasteiger partial charge in [0.25, 0.3) is 0 Å². The highest BCUT2D eigenvalue weighted by atomic mass is 15.2. The number of hydrogen-bond donors (Lipinski definition) is 0. The Hall–Kier alpha value is -1.30. The molecule has 0 bridgehead atoms. The van der Waals surface area contributed by atoms with Gasteiger partial charge >= 0.3 is 0 Å². The molecule has 2 heterocycles. The first-order chi connectivity index (χ1) is 11.6. The molecule has 1 fully saturated rings. The lowest BCUT2D eigenvalue weighted by Crippen LogP contribution is -2.46. The summed E-state index contributed by atoms with van der Waals surface area (Å²) in [6, 6.07) is 10.3. The van der Waals surface area contributed by atoms with Crippen molar-refractivity contribution in [2.24, 2.45) is 11.8 Å². The van der Waals surface area contributed by atoms with E-state index in [1.807, 2.05) is 0 Å². The minimum absolute atomic E-state index is 0.536. The summed E-state index contributed by atoms with van der Waals surface area (Å²) in [5.41, 5.74) is 8.19. The van der Waals surface area contributed by atoms with Gasteiger partial charge in [-0.25, -0.2) is 0 Å². The van der Waals surface area contributed by atoms with Crippen molar-refractivity contribution in [3.8, 4) is 0 Å². The Morgan fingerprint density at radius 1 is 1.12 bits per heavy atom. The van der Waals surface area contributed by atoms with Crippen LogP contribution in [0.1, 0.15) is 77.0 Å². The van der Waals surface area contributed by atoms with Crippen LogP contribution in [-0.2, 0) is 0 Å². The van der Waals surface area contributed by atoms with Crippen LogP contribution in [0.5, 0.6) is 0 Å². The van der Waals surface area contributed by atoms with Gasteiger partial charge in [-0.3, -0.25) is 4.90 Å². The van der Waals surface area contributed by atoms with Gasteiger partial charge < -0.3 is 0 Å². The molecule has 0 unspecified atom stereocenters. The van der Waals surface area contributed by atoms with Crippen LogP contribution in [0.3, 0.4) is 0 Å². The molecule has 0 N–H and O–H groups in total. The minimum Gasteiger partial charge on any atom is -0.289 e. The Kier molecular flexibility index (Phi) is 5.64. The molecule has 0 spiro atoms. The maximum atomic E-state index is 3.75. The molecule has 24 heavy (non-hydrogen) atoms. The molecule has 1 nitrogen and oxygen atoms in total. The van der Waals surface area contributed by atoms with Crippen LogP contribution >= 0.6 is 0 Å². The lowest BCUT2D eigenvalue weighted by molar-refractivity contribution is 0.103. The van der Waals surface area contributed by atoms with Crippen LogP contribution in [0, 0.1) is 11.8 Å². The van der Waals surface area contributed by atoms with Crippen molar-refractivity contribution in [3.63, 3.8) is 0 Å². The van der Waals surface area contributed by atoms with E-state index in [-0.39, 0.29) is 0 Å². The van der Waals surface area contributed by atoms with Crippen LogP contribution in [-0.4, -0.2) is 17.5 Å². The number of nitrogens with zero attached hydrogens (tertiary/aromatic N) is 1. The average molecular weight is 324 g/mol. The number of rotatable bonds is 4. The van der Waals surface area contributed by atoms with E-state index in [1.54, 1.807) is 0 Å². The van der Waals surface area contributed by atoms with Crippen molar-refractivity contribution in [1.29, 1.82) is 0 Å². The summed E-state index contributed by atoms with van der Waals surface area (Å²) >= 11 is 0. The largest absolute Gasteiger partial charge is 0.289 e. The van der Waals surface area contributed by atoms with Crippen molar-refractivity contribution in [1.82, 2.24) is 4.90 Å². The summed E-state index contributed by atoms with van der Waals surface area (Å²) in [7, 11) is 0. The molecule has 0 aliphatic carbocycles. The number of fused-ring (bicyclic) bond motifs is 3. The molecule has 1 saturated heterocycles. The zero-order chi connectivity index (χ0) is 17.1. The van der Waals surface area contributed by atoms with Gasteiger partial charge in [0.2, 0.25) is 0 Å². The van der Waals surface area contributed by atoms with E-state index in [9.17, 15) is 0 Å². The SMILES string of the molecule is CC(C)CC=C=C1c2ccccc2[C@@H]2CCCCN2[C@H]1CC(C)C. The molecule has 130 valence electrons. The third-order valence-corrected chi connectivity index (χ3v) is 5.43. The maximum absolute atomic E-state index is 3.75. The molecular formula is C23H33N. The van der Waals surface area contributed by atoms with Crippen molar-refractivity contribution >= 4 is 5.57 Å². The highest BCUT2D eigenvalue weighted by Crippen LogP contribution is 2.45. The average Bonchev–Trinajstić information content (AvgIpc) is 2.56. The van der Waals surface area contributed by atoms with Crippen molar-refractivity contribution in [2.45, 2.75) is 71.9 Å². The molecule has 0 aromatic heterocycles. The lowest BCUT2D eigenvalue weighted by Gasteiger charge is -2.47. The van der Waals surface area contributed by atoms with Crippen molar-refractivity contribution < 1.29 is 0 Å². The van der Waals surface area contributed by atoms with E-state index in [2.05, 4.69) is 68.7 Å². The molecule has 1 aromatic carbocycles. The second-order valence-electron chi connectivity index (χ2n) is 8.37. The summed E-state index contributed by atoms with van der Waals surface area (Å²) in [6.45, 7) is 10.5. The van der Waals surface area contributed by atoms with Crippen LogP contribution in [0.2, 0.25) is 0 Å². The van der Waals surface area contributed by atoms with Gasteiger partial charge in [0.15, 0.2) is 0 Å². The molecule has 0 radical (unpaired) electrons. The predicted molar refractivity (Wildman–Crippen MR) is 104 cm³/mol. The third-order valence-electron chi connectivity index (χ3n) is 5.43. The quantitative estimate of drug-likeness (QED) is 0.594. The summed E-state index contributed by atoms with van der Waals surface area (Å²) in [4.78, 5) is 2.79. The second-order valence-corrected chi connectivity index (χ2v) is 8.37. The third kappa shape index (κ3) is 3.68. The van der Waals surface area contributed by atoms with E-state index in [4.69, 9.17) is 0 Å². The summed E-state index contributed by atoms with van der Waals surface area (Å²) in [6.07, 6.45) is 8.66. The Morgan fingerprint density at radius 2 is 1.92 bits per heavy atom. The van der Waals surface area contributed by atoms with E-state index in [0.29, 0.717) is 23.9 Å². The fourth-order valence-electron chi connectivity index (χ4n) is 4.32. The zero-order valence-electron chi connectivity index (χ0n) is 15.9. The Bertz CT molecular complexity index is 619. The first-order valence-electron chi connectivity index (χ1n) is 9.88. The highest BCUT2D eigenvalue weighted by Gasteiger charge is 2.38. The molecule has 3 rings (SSSR count). The molecule has 2 aliphatic heterocycles. The topological polar surface area (TPSA) is 3.24 Å². The van der Waals surface area contributed by atoms with Crippen molar-refractivity contribution in [2.75, 3.05) is 6.54 Å². The first kappa shape index (κ1) is 17.5. The number of piperidine rings is 1. The maximum Gasteiger partial charge on any atom is 0.0435 e. The Labute approximate surface area is 148 Å². The van der Waals surface area contributed by atoms with E-state index in [0.717, 1.165) is 6.42 Å². The standard InChI is InChI=1S/C23H33N/c1-17(2)10-9-13-21-19-11-5-6-12-20(19)22-14-7-8-15-24(22)23(21)16-18(3)4/h5-6,9,11-12,17-18,22-23H,7-8,10,14-16H2,1-4H3/t13?,22-,23-/m0/s1. The smallest absolute Gasteiger partial charge is 0.0435 e.